The van der Waals surface area contributed by atoms with Crippen LogP contribution in [-0.4, -0.2) is 36.6 Å². The van der Waals surface area contributed by atoms with Crippen LogP contribution in [0.5, 0.6) is 0 Å². The molecule has 0 aromatic heterocycles. The Morgan fingerprint density at radius 3 is 2.47 bits per heavy atom. The van der Waals surface area contributed by atoms with Crippen molar-refractivity contribution in [3.8, 4) is 0 Å². The minimum Gasteiger partial charge on any atom is -0.323 e. The van der Waals surface area contributed by atoms with E-state index in [0.29, 0.717) is 0 Å². The summed E-state index contributed by atoms with van der Waals surface area (Å²) in [6, 6.07) is 11.9. The number of benzene rings is 2. The molecule has 8 nitrogen and oxygen atoms in total. The van der Waals surface area contributed by atoms with Crippen LogP contribution in [-0.2, 0) is 14.8 Å². The van der Waals surface area contributed by atoms with Crippen molar-refractivity contribution in [2.45, 2.75) is 12.8 Å². The smallest absolute Gasteiger partial charge is 0.271 e. The third-order valence-corrected chi connectivity index (χ3v) is 6.40. The maximum Gasteiger partial charge on any atom is 0.271 e. The number of piperidine rings is 1. The van der Waals surface area contributed by atoms with E-state index in [0.717, 1.165) is 29.2 Å². The standard InChI is InChI=1S/C20H20FN3O5S/c21-18-7-6-17(24(26)27)14-19(18)22-20(25)16-8-11-23(12-9-16)30(28,29)13-10-15-4-2-1-3-5-15/h1-7,10,13-14,16H,8-9,11-12H2,(H,22,25). The van der Waals surface area contributed by atoms with Crippen molar-refractivity contribution in [2.75, 3.05) is 18.4 Å². The van der Waals surface area contributed by atoms with Gasteiger partial charge in [-0.05, 0) is 30.5 Å². The Kier molecular flexibility index (Phi) is 6.58. The summed E-state index contributed by atoms with van der Waals surface area (Å²) in [5.74, 6) is -1.79. The van der Waals surface area contributed by atoms with Crippen molar-refractivity contribution in [1.29, 1.82) is 0 Å². The number of carbonyl (C=O) groups excluding carboxylic acids is 1. The Labute approximate surface area is 173 Å². The minimum atomic E-state index is -3.63. The maximum absolute atomic E-state index is 13.9. The number of nitro benzene ring substituents is 1. The SMILES string of the molecule is O=C(Nc1cc([N+](=O)[O-])ccc1F)C1CCN(S(=O)(=O)C=Cc2ccccc2)CC1. The molecule has 158 valence electrons. The Balaban J connectivity index is 1.60. The van der Waals surface area contributed by atoms with Gasteiger partial charge in [-0.25, -0.2) is 12.8 Å². The van der Waals surface area contributed by atoms with Gasteiger partial charge in [-0.2, -0.15) is 4.31 Å². The van der Waals surface area contributed by atoms with E-state index in [-0.39, 0.29) is 37.3 Å². The topological polar surface area (TPSA) is 110 Å². The zero-order valence-corrected chi connectivity index (χ0v) is 16.7. The summed E-state index contributed by atoms with van der Waals surface area (Å²) in [5, 5.41) is 14.3. The number of sulfonamides is 1. The molecule has 1 N–H and O–H groups in total. The van der Waals surface area contributed by atoms with E-state index < -0.39 is 32.6 Å². The zero-order valence-electron chi connectivity index (χ0n) is 15.9. The molecule has 0 unspecified atom stereocenters. The van der Waals surface area contributed by atoms with Crippen LogP contribution < -0.4 is 5.32 Å². The van der Waals surface area contributed by atoms with Gasteiger partial charge in [0.2, 0.25) is 15.9 Å². The van der Waals surface area contributed by atoms with Crippen molar-refractivity contribution in [3.63, 3.8) is 0 Å². The molecule has 0 spiro atoms. The second-order valence-electron chi connectivity index (χ2n) is 6.84. The molecule has 0 radical (unpaired) electrons. The first kappa shape index (κ1) is 21.6. The van der Waals surface area contributed by atoms with E-state index in [1.807, 2.05) is 6.07 Å². The van der Waals surface area contributed by atoms with E-state index in [1.165, 1.54) is 10.4 Å². The second-order valence-corrected chi connectivity index (χ2v) is 8.66. The number of nitrogens with zero attached hydrogens (tertiary/aromatic N) is 2. The summed E-state index contributed by atoms with van der Waals surface area (Å²) in [7, 11) is -3.63. The van der Waals surface area contributed by atoms with Gasteiger partial charge >= 0.3 is 0 Å². The summed E-state index contributed by atoms with van der Waals surface area (Å²) < 4.78 is 40.2. The lowest BCUT2D eigenvalue weighted by atomic mass is 9.97. The molecule has 2 aromatic rings. The highest BCUT2D eigenvalue weighted by Crippen LogP contribution is 2.25. The van der Waals surface area contributed by atoms with Crippen LogP contribution in [0.25, 0.3) is 6.08 Å². The number of nitro groups is 1. The van der Waals surface area contributed by atoms with Crippen molar-refractivity contribution in [3.05, 3.63) is 75.4 Å². The summed E-state index contributed by atoms with van der Waals surface area (Å²) in [6.07, 6.45) is 2.04. The van der Waals surface area contributed by atoms with E-state index in [9.17, 15) is 27.7 Å². The molecule has 30 heavy (non-hydrogen) atoms. The predicted octanol–water partition coefficient (Wildman–Crippen LogP) is 3.39. The normalized spacial score (nSPS) is 15.9. The number of anilines is 1. The van der Waals surface area contributed by atoms with Crippen LogP contribution in [0.15, 0.2) is 53.9 Å². The van der Waals surface area contributed by atoms with Gasteiger partial charge < -0.3 is 5.32 Å². The van der Waals surface area contributed by atoms with Gasteiger partial charge in [0, 0.05) is 36.5 Å². The molecular formula is C20H20FN3O5S. The van der Waals surface area contributed by atoms with Gasteiger partial charge in [0.05, 0.1) is 10.6 Å². The third-order valence-electron chi connectivity index (χ3n) is 4.84. The monoisotopic (exact) mass is 433 g/mol. The maximum atomic E-state index is 13.9. The van der Waals surface area contributed by atoms with E-state index >= 15 is 0 Å². The molecule has 10 heteroatoms. The van der Waals surface area contributed by atoms with Gasteiger partial charge in [-0.3, -0.25) is 14.9 Å². The molecule has 3 rings (SSSR count). The van der Waals surface area contributed by atoms with E-state index in [1.54, 1.807) is 24.3 Å². The van der Waals surface area contributed by atoms with Crippen LogP contribution in [0.3, 0.4) is 0 Å². The molecule has 1 heterocycles. The minimum absolute atomic E-state index is 0.150. The van der Waals surface area contributed by atoms with Gasteiger partial charge in [0.25, 0.3) is 5.69 Å². The Hall–Kier alpha value is -3.11. The van der Waals surface area contributed by atoms with Gasteiger partial charge in [0.1, 0.15) is 5.82 Å². The highest BCUT2D eigenvalue weighted by atomic mass is 32.2. The van der Waals surface area contributed by atoms with Crippen molar-refractivity contribution in [1.82, 2.24) is 4.31 Å². The molecule has 0 aliphatic carbocycles. The van der Waals surface area contributed by atoms with Gasteiger partial charge in [-0.1, -0.05) is 30.3 Å². The Bertz CT molecular complexity index is 1070. The van der Waals surface area contributed by atoms with Crippen molar-refractivity contribution in [2.24, 2.45) is 5.92 Å². The molecule has 1 amide bonds. The van der Waals surface area contributed by atoms with E-state index in [4.69, 9.17) is 0 Å². The molecular weight excluding hydrogens is 413 g/mol. The van der Waals surface area contributed by atoms with Crippen LogP contribution in [0, 0.1) is 21.8 Å². The molecule has 2 aromatic carbocycles. The fourth-order valence-electron chi connectivity index (χ4n) is 3.14. The number of amides is 1. The zero-order chi connectivity index (χ0) is 21.7. The second kappa shape index (κ2) is 9.14. The number of rotatable bonds is 6. The number of hydrogen-bond donors (Lipinski definition) is 1. The lowest BCUT2D eigenvalue weighted by Gasteiger charge is -2.29. The quantitative estimate of drug-likeness (QED) is 0.555. The highest BCUT2D eigenvalue weighted by Gasteiger charge is 2.30. The molecule has 1 fully saturated rings. The van der Waals surface area contributed by atoms with Gasteiger partial charge in [0.15, 0.2) is 0 Å². The van der Waals surface area contributed by atoms with Crippen molar-refractivity contribution < 1.29 is 22.5 Å². The molecule has 1 aliphatic heterocycles. The lowest BCUT2D eigenvalue weighted by molar-refractivity contribution is -0.384. The van der Waals surface area contributed by atoms with Crippen LogP contribution >= 0.6 is 0 Å². The molecule has 0 bridgehead atoms. The fourth-order valence-corrected chi connectivity index (χ4v) is 4.37. The molecule has 1 aliphatic rings. The molecule has 0 saturated carbocycles. The number of hydrogen-bond acceptors (Lipinski definition) is 5. The summed E-state index contributed by atoms with van der Waals surface area (Å²) >= 11 is 0. The summed E-state index contributed by atoms with van der Waals surface area (Å²) in [5.41, 5.74) is 0.155. The average Bonchev–Trinajstić information content (AvgIpc) is 2.74. The van der Waals surface area contributed by atoms with E-state index in [2.05, 4.69) is 5.32 Å². The van der Waals surface area contributed by atoms with Crippen LogP contribution in [0.2, 0.25) is 0 Å². The number of carbonyl (C=O) groups is 1. The summed E-state index contributed by atoms with van der Waals surface area (Å²) in [4.78, 5) is 22.6. The Morgan fingerprint density at radius 1 is 1.17 bits per heavy atom. The number of non-ortho nitro benzene ring substituents is 1. The largest absolute Gasteiger partial charge is 0.323 e. The van der Waals surface area contributed by atoms with Crippen LogP contribution in [0.4, 0.5) is 15.8 Å². The first-order chi connectivity index (χ1) is 14.3. The fraction of sp³-hybridized carbons (Fsp3) is 0.250. The number of halogens is 1. The average molecular weight is 433 g/mol. The highest BCUT2D eigenvalue weighted by molar-refractivity contribution is 7.92. The third kappa shape index (κ3) is 5.28. The van der Waals surface area contributed by atoms with Crippen LogP contribution in [0.1, 0.15) is 18.4 Å². The number of nitrogens with one attached hydrogen (secondary N) is 1. The summed E-state index contributed by atoms with van der Waals surface area (Å²) in [6.45, 7) is 0.300. The first-order valence-corrected chi connectivity index (χ1v) is 10.7. The van der Waals surface area contributed by atoms with Crippen molar-refractivity contribution >= 4 is 33.4 Å². The molecule has 1 saturated heterocycles. The lowest BCUT2D eigenvalue weighted by Crippen LogP contribution is -2.40. The molecule has 0 atom stereocenters. The predicted molar refractivity (Wildman–Crippen MR) is 110 cm³/mol. The first-order valence-electron chi connectivity index (χ1n) is 9.24. The Morgan fingerprint density at radius 2 is 1.83 bits per heavy atom. The van der Waals surface area contributed by atoms with Gasteiger partial charge in [-0.15, -0.1) is 0 Å².